The Kier molecular flexibility index (Phi) is 3.63. The van der Waals surface area contributed by atoms with E-state index < -0.39 is 0 Å². The zero-order chi connectivity index (χ0) is 13.8. The number of methoxy groups -OCH3 is 1. The number of hydrogen-bond donors (Lipinski definition) is 0. The number of aldehydes is 1. The highest BCUT2D eigenvalue weighted by Crippen LogP contribution is 2.34. The first-order chi connectivity index (χ1) is 9.21. The van der Waals surface area contributed by atoms with Gasteiger partial charge in [-0.15, -0.1) is 0 Å². The fourth-order valence-corrected chi connectivity index (χ4v) is 2.07. The Labute approximate surface area is 112 Å². The molecule has 0 heterocycles. The molecule has 0 aliphatic heterocycles. The van der Waals surface area contributed by atoms with Gasteiger partial charge in [0.15, 0.2) is 6.29 Å². The quantitative estimate of drug-likeness (QED) is 0.786. The molecule has 0 spiro atoms. The zero-order valence-corrected chi connectivity index (χ0v) is 10.8. The summed E-state index contributed by atoms with van der Waals surface area (Å²) in [6, 6.07) is 13.1. The molecule has 94 valence electrons. The smallest absolute Gasteiger partial charge is 0.153 e. The van der Waals surface area contributed by atoms with Gasteiger partial charge in [-0.2, -0.15) is 5.26 Å². The lowest BCUT2D eigenvalue weighted by Crippen LogP contribution is -1.95. The summed E-state index contributed by atoms with van der Waals surface area (Å²) >= 11 is 0. The van der Waals surface area contributed by atoms with Crippen LogP contribution in [0.3, 0.4) is 0 Å². The Morgan fingerprint density at radius 2 is 2.00 bits per heavy atom. The second-order valence-electron chi connectivity index (χ2n) is 4.21. The fraction of sp³-hybridized carbons (Fsp3) is 0.125. The van der Waals surface area contributed by atoms with Crippen LogP contribution in [0.2, 0.25) is 0 Å². The van der Waals surface area contributed by atoms with E-state index in [4.69, 9.17) is 4.74 Å². The van der Waals surface area contributed by atoms with E-state index in [9.17, 15) is 10.1 Å². The van der Waals surface area contributed by atoms with Crippen LogP contribution in [-0.4, -0.2) is 13.4 Å². The van der Waals surface area contributed by atoms with Crippen LogP contribution in [-0.2, 0) is 0 Å². The Bertz CT molecular complexity index is 669. The summed E-state index contributed by atoms with van der Waals surface area (Å²) in [6.07, 6.45) is 0.753. The fourth-order valence-electron chi connectivity index (χ4n) is 2.07. The number of para-hydroxylation sites is 1. The minimum Gasteiger partial charge on any atom is -0.495 e. The molecule has 2 rings (SSSR count). The summed E-state index contributed by atoms with van der Waals surface area (Å²) in [4.78, 5) is 11.0. The summed E-state index contributed by atoms with van der Waals surface area (Å²) in [7, 11) is 1.52. The number of rotatable bonds is 3. The van der Waals surface area contributed by atoms with Crippen molar-refractivity contribution in [2.45, 2.75) is 6.92 Å². The number of hydrogen-bond acceptors (Lipinski definition) is 3. The highest BCUT2D eigenvalue weighted by Gasteiger charge is 2.13. The molecular weight excluding hydrogens is 238 g/mol. The molecule has 3 nitrogen and oxygen atoms in total. The lowest BCUT2D eigenvalue weighted by molar-refractivity contribution is 0.112. The number of aryl methyl sites for hydroxylation is 1. The molecule has 3 heteroatoms. The predicted molar refractivity (Wildman–Crippen MR) is 73.3 cm³/mol. The lowest BCUT2D eigenvalue weighted by Gasteiger charge is -2.12. The van der Waals surface area contributed by atoms with Gasteiger partial charge in [0.2, 0.25) is 0 Å². The van der Waals surface area contributed by atoms with Crippen molar-refractivity contribution in [3.8, 4) is 22.9 Å². The third kappa shape index (κ3) is 2.34. The molecule has 0 radical (unpaired) electrons. The second-order valence-corrected chi connectivity index (χ2v) is 4.21. The van der Waals surface area contributed by atoms with Gasteiger partial charge in [-0.1, -0.05) is 24.3 Å². The number of carbonyl (C=O) groups excluding carboxylic acids is 1. The molecular formula is C16H13NO2. The third-order valence-electron chi connectivity index (χ3n) is 2.96. The molecule has 0 atom stereocenters. The third-order valence-corrected chi connectivity index (χ3v) is 2.96. The van der Waals surface area contributed by atoms with E-state index in [1.54, 1.807) is 12.1 Å². The van der Waals surface area contributed by atoms with Crippen molar-refractivity contribution in [2.24, 2.45) is 0 Å². The molecule has 0 amide bonds. The standard InChI is InChI=1S/C16H13NO2/c1-11-6-7-14(13(8-11)9-17)15-5-3-4-12(10-18)16(15)19-2/h3-8,10H,1-2H3. The van der Waals surface area contributed by atoms with E-state index in [2.05, 4.69) is 6.07 Å². The van der Waals surface area contributed by atoms with Crippen LogP contribution < -0.4 is 4.74 Å². The van der Waals surface area contributed by atoms with E-state index in [0.29, 0.717) is 16.9 Å². The van der Waals surface area contributed by atoms with Crippen molar-refractivity contribution in [1.82, 2.24) is 0 Å². The van der Waals surface area contributed by atoms with Crippen LogP contribution in [0.25, 0.3) is 11.1 Å². The van der Waals surface area contributed by atoms with Crippen molar-refractivity contribution in [3.05, 3.63) is 53.1 Å². The molecule has 19 heavy (non-hydrogen) atoms. The van der Waals surface area contributed by atoms with Crippen LogP contribution in [0.5, 0.6) is 5.75 Å². The summed E-state index contributed by atoms with van der Waals surface area (Å²) in [5.41, 5.74) is 3.59. The first-order valence-electron chi connectivity index (χ1n) is 5.84. The number of ether oxygens (including phenoxy) is 1. The van der Waals surface area contributed by atoms with E-state index >= 15 is 0 Å². The van der Waals surface area contributed by atoms with Gasteiger partial charge in [-0.3, -0.25) is 4.79 Å². The van der Waals surface area contributed by atoms with Gasteiger partial charge in [0.05, 0.1) is 24.3 Å². The van der Waals surface area contributed by atoms with Crippen LogP contribution in [0.15, 0.2) is 36.4 Å². The minimum absolute atomic E-state index is 0.476. The average molecular weight is 251 g/mol. The molecule has 0 aliphatic carbocycles. The van der Waals surface area contributed by atoms with Gasteiger partial charge < -0.3 is 4.74 Å². The van der Waals surface area contributed by atoms with Crippen molar-refractivity contribution < 1.29 is 9.53 Å². The highest BCUT2D eigenvalue weighted by atomic mass is 16.5. The van der Waals surface area contributed by atoms with E-state index in [0.717, 1.165) is 23.0 Å². The van der Waals surface area contributed by atoms with Crippen LogP contribution >= 0.6 is 0 Å². The number of nitriles is 1. The van der Waals surface area contributed by atoms with Gasteiger partial charge in [-0.25, -0.2) is 0 Å². The topological polar surface area (TPSA) is 50.1 Å². The molecule has 0 saturated heterocycles. The van der Waals surface area contributed by atoms with E-state index in [-0.39, 0.29) is 0 Å². The van der Waals surface area contributed by atoms with E-state index in [1.165, 1.54) is 7.11 Å². The largest absolute Gasteiger partial charge is 0.495 e. The number of carbonyl (C=O) groups is 1. The van der Waals surface area contributed by atoms with Gasteiger partial charge in [-0.05, 0) is 24.6 Å². The van der Waals surface area contributed by atoms with Gasteiger partial charge >= 0.3 is 0 Å². The minimum atomic E-state index is 0.476. The van der Waals surface area contributed by atoms with Crippen molar-refractivity contribution in [2.75, 3.05) is 7.11 Å². The van der Waals surface area contributed by atoms with Crippen LogP contribution in [0.1, 0.15) is 21.5 Å². The van der Waals surface area contributed by atoms with Crippen molar-refractivity contribution >= 4 is 6.29 Å². The predicted octanol–water partition coefficient (Wildman–Crippen LogP) is 3.35. The maximum atomic E-state index is 11.0. The normalized spacial score (nSPS) is 9.74. The zero-order valence-electron chi connectivity index (χ0n) is 10.8. The Hall–Kier alpha value is -2.60. The summed E-state index contributed by atoms with van der Waals surface area (Å²) in [5.74, 6) is 0.498. The van der Waals surface area contributed by atoms with Gasteiger partial charge in [0.25, 0.3) is 0 Å². The number of nitrogens with zero attached hydrogens (tertiary/aromatic N) is 1. The molecule has 0 saturated carbocycles. The maximum absolute atomic E-state index is 11.0. The molecule has 0 bridgehead atoms. The average Bonchev–Trinajstić information content (AvgIpc) is 2.46. The summed E-state index contributed by atoms with van der Waals surface area (Å²) in [5, 5.41) is 9.23. The van der Waals surface area contributed by atoms with Crippen molar-refractivity contribution in [1.29, 1.82) is 5.26 Å². The monoisotopic (exact) mass is 251 g/mol. The Morgan fingerprint density at radius 3 is 2.63 bits per heavy atom. The first-order valence-corrected chi connectivity index (χ1v) is 5.84. The molecule has 0 fully saturated rings. The lowest BCUT2D eigenvalue weighted by atomic mass is 9.96. The van der Waals surface area contributed by atoms with Crippen LogP contribution in [0.4, 0.5) is 0 Å². The second kappa shape index (κ2) is 5.36. The Balaban J connectivity index is 2.72. The molecule has 0 aromatic heterocycles. The number of benzene rings is 2. The molecule has 2 aromatic rings. The van der Waals surface area contributed by atoms with Gasteiger partial charge in [0, 0.05) is 11.1 Å². The van der Waals surface area contributed by atoms with E-state index in [1.807, 2.05) is 31.2 Å². The van der Waals surface area contributed by atoms with Gasteiger partial charge in [0.1, 0.15) is 5.75 Å². The molecule has 0 unspecified atom stereocenters. The van der Waals surface area contributed by atoms with Crippen LogP contribution in [0, 0.1) is 18.3 Å². The molecule has 2 aromatic carbocycles. The molecule has 0 N–H and O–H groups in total. The highest BCUT2D eigenvalue weighted by molar-refractivity contribution is 5.87. The first kappa shape index (κ1) is 12.8. The maximum Gasteiger partial charge on any atom is 0.153 e. The Morgan fingerprint density at radius 1 is 1.21 bits per heavy atom. The summed E-state index contributed by atoms with van der Waals surface area (Å²) < 4.78 is 5.31. The molecule has 0 aliphatic rings. The SMILES string of the molecule is COc1c(C=O)cccc1-c1ccc(C)cc1C#N. The summed E-state index contributed by atoms with van der Waals surface area (Å²) in [6.45, 7) is 1.93. The van der Waals surface area contributed by atoms with Crippen molar-refractivity contribution in [3.63, 3.8) is 0 Å².